The predicted molar refractivity (Wildman–Crippen MR) is 162 cm³/mol. The molecule has 1 aliphatic carbocycles. The van der Waals surface area contributed by atoms with Crippen molar-refractivity contribution in [1.82, 2.24) is 29.8 Å². The van der Waals surface area contributed by atoms with Crippen molar-refractivity contribution in [2.75, 3.05) is 17.7 Å². The summed E-state index contributed by atoms with van der Waals surface area (Å²) in [6.07, 6.45) is 8.08. The van der Waals surface area contributed by atoms with Gasteiger partial charge in [-0.2, -0.15) is 0 Å². The minimum atomic E-state index is -0.616. The monoisotopic (exact) mass is 594 g/mol. The number of fused-ring (bicyclic) bond motifs is 3. The van der Waals surface area contributed by atoms with Crippen molar-refractivity contribution in [3.63, 3.8) is 0 Å². The van der Waals surface area contributed by atoms with Crippen LogP contribution < -0.4 is 21.5 Å². The molecule has 0 bridgehead atoms. The van der Waals surface area contributed by atoms with Gasteiger partial charge in [-0.15, -0.1) is 24.8 Å². The van der Waals surface area contributed by atoms with Crippen molar-refractivity contribution in [2.45, 2.75) is 51.2 Å². The Bertz CT molecular complexity index is 1600. The Morgan fingerprint density at radius 1 is 1.02 bits per heavy atom. The number of rotatable bonds is 5. The maximum atomic E-state index is 13.9. The van der Waals surface area contributed by atoms with E-state index in [1.165, 1.54) is 0 Å². The fourth-order valence-electron chi connectivity index (χ4n) is 5.72. The Labute approximate surface area is 250 Å². The molecule has 6 rings (SSSR count). The molecule has 1 aliphatic heterocycles. The van der Waals surface area contributed by atoms with Gasteiger partial charge in [0.05, 0.1) is 11.4 Å². The SMILES string of the molecule is Cc1nc(N)ccc1CNC(=O)[C@@H]1CCc2cnc(N(C)C3c4ncccc4CCc4cccnc43)c(=O)n21.Cl.Cl. The van der Waals surface area contributed by atoms with E-state index < -0.39 is 6.04 Å². The molecule has 1 atom stereocenters. The molecule has 1 amide bonds. The molecule has 0 aromatic carbocycles. The van der Waals surface area contributed by atoms with Gasteiger partial charge in [0.15, 0.2) is 5.82 Å². The molecule has 3 N–H and O–H groups in total. The van der Waals surface area contributed by atoms with E-state index in [0.29, 0.717) is 25.2 Å². The van der Waals surface area contributed by atoms with Gasteiger partial charge in [-0.3, -0.25) is 24.1 Å². The van der Waals surface area contributed by atoms with E-state index in [1.807, 2.05) is 37.1 Å². The van der Waals surface area contributed by atoms with Gasteiger partial charge in [-0.05, 0) is 67.5 Å². The molecule has 0 saturated heterocycles. The van der Waals surface area contributed by atoms with E-state index in [9.17, 15) is 9.59 Å². The molecule has 214 valence electrons. The second kappa shape index (κ2) is 12.2. The van der Waals surface area contributed by atoms with Crippen LogP contribution in [0.2, 0.25) is 0 Å². The summed E-state index contributed by atoms with van der Waals surface area (Å²) in [6, 6.07) is 10.6. The quantitative estimate of drug-likeness (QED) is 0.360. The molecule has 41 heavy (non-hydrogen) atoms. The Morgan fingerprint density at radius 3 is 2.32 bits per heavy atom. The van der Waals surface area contributed by atoms with Crippen molar-refractivity contribution >= 4 is 42.4 Å². The van der Waals surface area contributed by atoms with Gasteiger partial charge in [0.1, 0.15) is 17.9 Å². The van der Waals surface area contributed by atoms with E-state index in [4.69, 9.17) is 15.7 Å². The first-order valence-corrected chi connectivity index (χ1v) is 13.1. The highest BCUT2D eigenvalue weighted by Gasteiger charge is 2.35. The third-order valence-corrected chi connectivity index (χ3v) is 7.77. The lowest BCUT2D eigenvalue weighted by molar-refractivity contribution is -0.124. The third kappa shape index (κ3) is 5.49. The molecule has 10 nitrogen and oxygen atoms in total. The Kier molecular flexibility index (Phi) is 8.94. The lowest BCUT2D eigenvalue weighted by atomic mass is 10.0. The first-order chi connectivity index (χ1) is 18.9. The predicted octanol–water partition coefficient (Wildman–Crippen LogP) is 3.29. The van der Waals surface area contributed by atoms with Crippen molar-refractivity contribution in [3.8, 4) is 0 Å². The van der Waals surface area contributed by atoms with E-state index in [2.05, 4.69) is 27.4 Å². The van der Waals surface area contributed by atoms with Crippen LogP contribution in [0.25, 0.3) is 0 Å². The van der Waals surface area contributed by atoms with Gasteiger partial charge in [0.2, 0.25) is 5.91 Å². The molecule has 4 aromatic heterocycles. The number of pyridine rings is 3. The van der Waals surface area contributed by atoms with Gasteiger partial charge >= 0.3 is 0 Å². The number of nitrogens with zero attached hydrogens (tertiary/aromatic N) is 6. The highest BCUT2D eigenvalue weighted by Crippen LogP contribution is 2.35. The number of nitrogens with two attached hydrogens (primary N) is 1. The Morgan fingerprint density at radius 2 is 1.68 bits per heavy atom. The molecule has 0 saturated carbocycles. The van der Waals surface area contributed by atoms with Gasteiger partial charge in [-0.1, -0.05) is 18.2 Å². The molecule has 0 spiro atoms. The van der Waals surface area contributed by atoms with Crippen LogP contribution >= 0.6 is 24.8 Å². The first kappa shape index (κ1) is 30.0. The maximum absolute atomic E-state index is 13.9. The van der Waals surface area contributed by atoms with Crippen molar-refractivity contribution in [3.05, 3.63) is 105 Å². The minimum Gasteiger partial charge on any atom is -0.384 e. The smallest absolute Gasteiger partial charge is 0.294 e. The second-order valence-corrected chi connectivity index (χ2v) is 10.1. The zero-order valence-electron chi connectivity index (χ0n) is 22.8. The highest BCUT2D eigenvalue weighted by atomic mass is 35.5. The van der Waals surface area contributed by atoms with Gasteiger partial charge in [0.25, 0.3) is 5.56 Å². The van der Waals surface area contributed by atoms with Crippen LogP contribution in [0.5, 0.6) is 0 Å². The fourth-order valence-corrected chi connectivity index (χ4v) is 5.72. The Balaban J connectivity index is 0.00000194. The molecule has 0 unspecified atom stereocenters. The zero-order chi connectivity index (χ0) is 27.1. The number of hydrogen-bond donors (Lipinski definition) is 2. The number of nitrogens with one attached hydrogen (secondary N) is 1. The highest BCUT2D eigenvalue weighted by molar-refractivity contribution is 5.85. The average molecular weight is 596 g/mol. The topological polar surface area (TPSA) is 132 Å². The average Bonchev–Trinajstić information content (AvgIpc) is 3.30. The molecule has 5 heterocycles. The van der Waals surface area contributed by atoms with Gasteiger partial charge < -0.3 is 16.0 Å². The number of halogens is 2. The lowest BCUT2D eigenvalue weighted by Crippen LogP contribution is -2.39. The number of aromatic nitrogens is 5. The molecular formula is C29H32Cl2N8O2. The number of carbonyl (C=O) groups is 1. The summed E-state index contributed by atoms with van der Waals surface area (Å²) in [6.45, 7) is 2.16. The minimum absolute atomic E-state index is 0. The lowest BCUT2D eigenvalue weighted by Gasteiger charge is -2.29. The van der Waals surface area contributed by atoms with Gasteiger partial charge in [-0.25, -0.2) is 9.97 Å². The summed E-state index contributed by atoms with van der Waals surface area (Å²) in [4.78, 5) is 47.4. The largest absolute Gasteiger partial charge is 0.384 e. The van der Waals surface area contributed by atoms with Crippen LogP contribution in [-0.2, 0) is 30.6 Å². The van der Waals surface area contributed by atoms with Crippen LogP contribution in [0.1, 0.15) is 58.0 Å². The normalized spacial score (nSPS) is 15.3. The Hall–Kier alpha value is -4.02. The number of anilines is 2. The number of carbonyl (C=O) groups excluding carboxylic acids is 1. The second-order valence-electron chi connectivity index (χ2n) is 10.1. The van der Waals surface area contributed by atoms with Crippen molar-refractivity contribution in [1.29, 1.82) is 0 Å². The molecule has 4 aromatic rings. The number of amides is 1. The number of hydrogen-bond acceptors (Lipinski definition) is 8. The zero-order valence-corrected chi connectivity index (χ0v) is 24.4. The summed E-state index contributed by atoms with van der Waals surface area (Å²) in [5.41, 5.74) is 11.8. The standard InChI is InChI=1S/C29H30N8O2.2ClH/c1-17-20(9-12-23(30)35-17)15-34-28(38)22-11-10-21-16-33-27(29(39)37(21)22)36(2)26-24-18(5-3-13-31-24)7-8-19-6-4-14-32-25(19)26;;/h3-6,9,12-14,16,22,26H,7-8,10-11,15H2,1-2H3,(H2,30,35)(H,34,38);2*1H/t22-;;/m0../s1. The fraction of sp³-hybridized carbons (Fsp3) is 0.310. The van der Waals surface area contributed by atoms with Crippen LogP contribution in [0.15, 0.2) is 59.8 Å². The molecule has 12 heteroatoms. The van der Waals surface area contributed by atoms with E-state index in [1.54, 1.807) is 29.2 Å². The van der Waals surface area contributed by atoms with Crippen molar-refractivity contribution in [2.24, 2.45) is 0 Å². The summed E-state index contributed by atoms with van der Waals surface area (Å²) in [7, 11) is 1.85. The van der Waals surface area contributed by atoms with Crippen LogP contribution in [0.3, 0.4) is 0 Å². The van der Waals surface area contributed by atoms with Crippen LogP contribution in [0, 0.1) is 6.92 Å². The summed E-state index contributed by atoms with van der Waals surface area (Å²) < 4.78 is 1.59. The molecule has 0 radical (unpaired) electrons. The molecule has 2 aliphatic rings. The van der Waals surface area contributed by atoms with Crippen LogP contribution in [0.4, 0.5) is 11.6 Å². The number of nitrogen functional groups attached to an aromatic ring is 1. The van der Waals surface area contributed by atoms with Crippen LogP contribution in [-0.4, -0.2) is 37.5 Å². The summed E-state index contributed by atoms with van der Waals surface area (Å²) >= 11 is 0. The summed E-state index contributed by atoms with van der Waals surface area (Å²) in [5, 5.41) is 2.98. The first-order valence-electron chi connectivity index (χ1n) is 13.1. The van der Waals surface area contributed by atoms with Gasteiger partial charge in [0, 0.05) is 43.6 Å². The van der Waals surface area contributed by atoms with E-state index in [0.717, 1.165) is 52.3 Å². The molecular weight excluding hydrogens is 563 g/mol. The van der Waals surface area contributed by atoms with Crippen molar-refractivity contribution < 1.29 is 4.79 Å². The summed E-state index contributed by atoms with van der Waals surface area (Å²) in [5.74, 6) is 0.491. The van der Waals surface area contributed by atoms with E-state index in [-0.39, 0.29) is 48.1 Å². The third-order valence-electron chi connectivity index (χ3n) is 7.77. The van der Waals surface area contributed by atoms with E-state index >= 15 is 0 Å². The number of aryl methyl sites for hydroxylation is 4. The molecule has 0 fully saturated rings. The maximum Gasteiger partial charge on any atom is 0.294 e.